The van der Waals surface area contributed by atoms with Crippen LogP contribution in [-0.4, -0.2) is 5.11 Å². The maximum absolute atomic E-state index is 13.8. The lowest BCUT2D eigenvalue weighted by molar-refractivity contribution is 0.174. The molecule has 0 saturated heterocycles. The molecule has 0 spiro atoms. The highest BCUT2D eigenvalue weighted by atomic mass is 79.9. The van der Waals surface area contributed by atoms with Crippen LogP contribution >= 0.6 is 38.9 Å². The van der Waals surface area contributed by atoms with Crippen molar-refractivity contribution in [2.24, 2.45) is 0 Å². The summed E-state index contributed by atoms with van der Waals surface area (Å²) >= 11 is 10.5. The molecule has 17 heavy (non-hydrogen) atoms. The molecule has 0 aliphatic heterocycles. The minimum absolute atomic E-state index is 0.00636. The van der Waals surface area contributed by atoms with Gasteiger partial charge in [-0.05, 0) is 44.4 Å². The predicted octanol–water partition coefficient (Wildman–Crippen LogP) is 4.58. The molecule has 0 radical (unpaired) electrons. The molecule has 1 aromatic heterocycles. The molecule has 5 heteroatoms. The van der Waals surface area contributed by atoms with Crippen LogP contribution < -0.4 is 0 Å². The molecule has 0 saturated carbocycles. The van der Waals surface area contributed by atoms with E-state index in [1.165, 1.54) is 0 Å². The lowest BCUT2D eigenvalue weighted by Gasteiger charge is -2.12. The van der Waals surface area contributed by atoms with Crippen LogP contribution in [0.25, 0.3) is 0 Å². The highest BCUT2D eigenvalue weighted by Gasteiger charge is 2.17. The lowest BCUT2D eigenvalue weighted by Crippen LogP contribution is -2.04. The van der Waals surface area contributed by atoms with Crippen molar-refractivity contribution in [1.29, 1.82) is 0 Å². The zero-order chi connectivity index (χ0) is 12.4. The number of aliphatic hydroxyl groups is 1. The van der Waals surface area contributed by atoms with Crippen molar-refractivity contribution in [3.8, 4) is 0 Å². The third-order valence-electron chi connectivity index (χ3n) is 2.43. The minimum Gasteiger partial charge on any atom is -0.388 e. The van der Waals surface area contributed by atoms with Gasteiger partial charge in [0.1, 0.15) is 5.82 Å². The molecule has 1 aromatic carbocycles. The molecular weight excluding hydrogens is 327 g/mol. The predicted molar refractivity (Wildman–Crippen MR) is 72.1 cm³/mol. The summed E-state index contributed by atoms with van der Waals surface area (Å²) < 4.78 is 14.3. The Hall–Kier alpha value is -0.420. The monoisotopic (exact) mass is 334 g/mol. The van der Waals surface area contributed by atoms with E-state index in [1.807, 2.05) is 16.8 Å². The van der Waals surface area contributed by atoms with E-state index in [2.05, 4.69) is 15.9 Å². The Morgan fingerprint density at radius 1 is 1.41 bits per heavy atom. The molecule has 0 fully saturated rings. The molecular formula is C12H9BrClFOS. The van der Waals surface area contributed by atoms with Crippen molar-refractivity contribution < 1.29 is 9.50 Å². The van der Waals surface area contributed by atoms with Crippen molar-refractivity contribution >= 4 is 38.9 Å². The minimum atomic E-state index is -0.879. The van der Waals surface area contributed by atoms with Gasteiger partial charge in [0.25, 0.3) is 0 Å². The Labute approximate surface area is 116 Å². The highest BCUT2D eigenvalue weighted by Crippen LogP contribution is 2.31. The number of halogens is 3. The molecule has 1 N–H and O–H groups in total. The van der Waals surface area contributed by atoms with Gasteiger partial charge in [-0.3, -0.25) is 0 Å². The summed E-state index contributed by atoms with van der Waals surface area (Å²) in [5.41, 5.74) is 1.21. The summed E-state index contributed by atoms with van der Waals surface area (Å²) in [6.07, 6.45) is -0.492. The number of hydrogen-bond donors (Lipinski definition) is 1. The van der Waals surface area contributed by atoms with Gasteiger partial charge in [0.15, 0.2) is 0 Å². The number of hydrogen-bond acceptors (Lipinski definition) is 2. The van der Waals surface area contributed by atoms with E-state index in [-0.39, 0.29) is 10.6 Å². The second kappa shape index (κ2) is 5.48. The summed E-state index contributed by atoms with van der Waals surface area (Å²) in [5.74, 6) is -0.566. The van der Waals surface area contributed by atoms with Crippen molar-refractivity contribution in [2.75, 3.05) is 0 Å². The standard InChI is InChI=1S/C12H9BrClFOS/c13-9-2-1-8(12(15)11(9)14)10(16)5-7-3-4-17-6-7/h1-4,6,10,16H,5H2. The third kappa shape index (κ3) is 2.88. The first kappa shape index (κ1) is 13.0. The topological polar surface area (TPSA) is 20.2 Å². The van der Waals surface area contributed by atoms with Crippen LogP contribution in [0.1, 0.15) is 17.2 Å². The van der Waals surface area contributed by atoms with E-state index in [0.717, 1.165) is 5.56 Å². The maximum Gasteiger partial charge on any atom is 0.148 e. The second-order valence-electron chi connectivity index (χ2n) is 3.62. The van der Waals surface area contributed by atoms with Crippen LogP contribution in [0.15, 0.2) is 33.4 Å². The molecule has 1 nitrogen and oxygen atoms in total. The van der Waals surface area contributed by atoms with Crippen LogP contribution in [0.5, 0.6) is 0 Å². The van der Waals surface area contributed by atoms with Gasteiger partial charge in [0.05, 0.1) is 11.1 Å². The SMILES string of the molecule is OC(Cc1ccsc1)c1ccc(Br)c(Cl)c1F. The Balaban J connectivity index is 2.25. The first-order valence-corrected chi connectivity index (χ1v) is 7.03. The summed E-state index contributed by atoms with van der Waals surface area (Å²) in [7, 11) is 0. The maximum atomic E-state index is 13.8. The van der Waals surface area contributed by atoms with Gasteiger partial charge in [-0.1, -0.05) is 17.7 Å². The van der Waals surface area contributed by atoms with E-state index in [0.29, 0.717) is 10.9 Å². The summed E-state index contributed by atoms with van der Waals surface area (Å²) in [4.78, 5) is 0. The van der Waals surface area contributed by atoms with Crippen molar-refractivity contribution in [3.05, 3.63) is 55.4 Å². The highest BCUT2D eigenvalue weighted by molar-refractivity contribution is 9.10. The van der Waals surface area contributed by atoms with Gasteiger partial charge in [-0.2, -0.15) is 11.3 Å². The molecule has 2 rings (SSSR count). The van der Waals surface area contributed by atoms with Crippen LogP contribution in [0, 0.1) is 5.82 Å². The summed E-state index contributed by atoms with van der Waals surface area (Å²) in [5, 5.41) is 13.8. The first-order chi connectivity index (χ1) is 8.09. The molecule has 1 atom stereocenters. The Morgan fingerprint density at radius 2 is 2.18 bits per heavy atom. The molecule has 0 aliphatic carbocycles. The van der Waals surface area contributed by atoms with Crippen LogP contribution in [-0.2, 0) is 6.42 Å². The van der Waals surface area contributed by atoms with E-state index < -0.39 is 11.9 Å². The van der Waals surface area contributed by atoms with Gasteiger partial charge >= 0.3 is 0 Å². The summed E-state index contributed by atoms with van der Waals surface area (Å²) in [6, 6.07) is 5.09. The molecule has 0 aliphatic rings. The molecule has 0 amide bonds. The van der Waals surface area contributed by atoms with E-state index in [9.17, 15) is 9.50 Å². The fraction of sp³-hybridized carbons (Fsp3) is 0.167. The van der Waals surface area contributed by atoms with E-state index in [1.54, 1.807) is 23.5 Å². The Bertz CT molecular complexity index is 515. The number of aliphatic hydroxyl groups excluding tert-OH is 1. The van der Waals surface area contributed by atoms with E-state index >= 15 is 0 Å². The van der Waals surface area contributed by atoms with Gasteiger partial charge in [-0.15, -0.1) is 0 Å². The Kier molecular flexibility index (Phi) is 4.20. The van der Waals surface area contributed by atoms with Gasteiger partial charge in [-0.25, -0.2) is 4.39 Å². The molecule has 1 unspecified atom stereocenters. The molecule has 90 valence electrons. The largest absolute Gasteiger partial charge is 0.388 e. The molecule has 2 aromatic rings. The number of thiophene rings is 1. The van der Waals surface area contributed by atoms with E-state index in [4.69, 9.17) is 11.6 Å². The molecule has 0 bridgehead atoms. The van der Waals surface area contributed by atoms with Gasteiger partial charge in [0.2, 0.25) is 0 Å². The third-order valence-corrected chi connectivity index (χ3v) is 4.42. The first-order valence-electron chi connectivity index (χ1n) is 4.92. The number of rotatable bonds is 3. The average Bonchev–Trinajstić information content (AvgIpc) is 2.78. The van der Waals surface area contributed by atoms with Crippen molar-refractivity contribution in [2.45, 2.75) is 12.5 Å². The van der Waals surface area contributed by atoms with Gasteiger partial charge in [0, 0.05) is 16.5 Å². The second-order valence-corrected chi connectivity index (χ2v) is 5.63. The number of benzene rings is 1. The van der Waals surface area contributed by atoms with Gasteiger partial charge < -0.3 is 5.11 Å². The van der Waals surface area contributed by atoms with Crippen molar-refractivity contribution in [3.63, 3.8) is 0 Å². The summed E-state index contributed by atoms with van der Waals surface area (Å²) in [6.45, 7) is 0. The van der Waals surface area contributed by atoms with Crippen LogP contribution in [0.3, 0.4) is 0 Å². The van der Waals surface area contributed by atoms with Crippen LogP contribution in [0.2, 0.25) is 5.02 Å². The fourth-order valence-electron chi connectivity index (χ4n) is 1.54. The molecule has 1 heterocycles. The van der Waals surface area contributed by atoms with Crippen LogP contribution in [0.4, 0.5) is 4.39 Å². The lowest BCUT2D eigenvalue weighted by atomic mass is 10.0. The zero-order valence-corrected chi connectivity index (χ0v) is 11.8. The fourth-order valence-corrected chi connectivity index (χ4v) is 2.70. The average molecular weight is 336 g/mol. The smallest absolute Gasteiger partial charge is 0.148 e. The quantitative estimate of drug-likeness (QED) is 0.814. The Morgan fingerprint density at radius 3 is 2.82 bits per heavy atom. The van der Waals surface area contributed by atoms with Crippen molar-refractivity contribution in [1.82, 2.24) is 0 Å². The zero-order valence-electron chi connectivity index (χ0n) is 8.66. The normalized spacial score (nSPS) is 12.7.